The summed E-state index contributed by atoms with van der Waals surface area (Å²) in [4.78, 5) is 0. The molecule has 0 aromatic carbocycles. The van der Waals surface area contributed by atoms with E-state index in [0.29, 0.717) is 0 Å². The molecule has 1 aliphatic rings. The molecule has 0 radical (unpaired) electrons. The van der Waals surface area contributed by atoms with Crippen LogP contribution in [0.4, 0.5) is 13.2 Å². The molecule has 0 amide bonds. The van der Waals surface area contributed by atoms with E-state index in [1.807, 2.05) is 0 Å². The van der Waals surface area contributed by atoms with Crippen LogP contribution in [0.2, 0.25) is 0 Å². The predicted molar refractivity (Wildman–Crippen MR) is 53.4 cm³/mol. The fourth-order valence-corrected chi connectivity index (χ4v) is 2.06. The maximum atomic E-state index is 12.1. The first kappa shape index (κ1) is 14.3. The second kappa shape index (κ2) is 4.16. The highest BCUT2D eigenvalue weighted by atomic mass is 32.2. The Morgan fingerprint density at radius 2 is 2.00 bits per heavy atom. The van der Waals surface area contributed by atoms with E-state index in [2.05, 4.69) is 4.18 Å². The first-order valence-corrected chi connectivity index (χ1v) is 6.24. The van der Waals surface area contributed by atoms with Gasteiger partial charge in [0.2, 0.25) is 0 Å². The third kappa shape index (κ3) is 3.60. The lowest BCUT2D eigenvalue weighted by Gasteiger charge is -2.32. The van der Waals surface area contributed by atoms with E-state index in [1.54, 1.807) is 20.8 Å². The van der Waals surface area contributed by atoms with Crippen LogP contribution in [0.3, 0.4) is 0 Å². The van der Waals surface area contributed by atoms with Crippen LogP contribution in [0.25, 0.3) is 0 Å². The van der Waals surface area contributed by atoms with E-state index >= 15 is 0 Å². The second-order valence-corrected chi connectivity index (χ2v) is 5.87. The fourth-order valence-electron chi connectivity index (χ4n) is 1.57. The predicted octanol–water partition coefficient (Wildman–Crippen LogP) is 2.32. The molecule has 0 aromatic rings. The quantitative estimate of drug-likeness (QED) is 0.573. The van der Waals surface area contributed by atoms with Gasteiger partial charge in [0.05, 0.1) is 11.7 Å². The number of rotatable bonds is 2. The van der Waals surface area contributed by atoms with Gasteiger partial charge in [-0.1, -0.05) is 0 Å². The minimum Gasteiger partial charge on any atom is -0.381 e. The van der Waals surface area contributed by atoms with Crippen LogP contribution in [0.1, 0.15) is 27.2 Å². The van der Waals surface area contributed by atoms with Crippen LogP contribution in [0, 0.1) is 0 Å². The summed E-state index contributed by atoms with van der Waals surface area (Å²) in [5.74, 6) is -0.244. The van der Waals surface area contributed by atoms with Gasteiger partial charge in [-0.05, 0) is 26.8 Å². The maximum Gasteiger partial charge on any atom is 0.534 e. The molecule has 100 valence electrons. The minimum absolute atomic E-state index is 0.0151. The summed E-state index contributed by atoms with van der Waals surface area (Å²) in [6.45, 7) is 4.83. The maximum absolute atomic E-state index is 12.1. The number of hydrogen-bond donors (Lipinski definition) is 0. The van der Waals surface area contributed by atoms with Gasteiger partial charge < -0.3 is 8.92 Å². The first-order chi connectivity index (χ1) is 7.43. The molecule has 0 aromatic heterocycles. The van der Waals surface area contributed by atoms with Gasteiger partial charge in [0.15, 0.2) is 0 Å². The van der Waals surface area contributed by atoms with Crippen LogP contribution in [-0.2, 0) is 19.0 Å². The van der Waals surface area contributed by atoms with Crippen molar-refractivity contribution < 1.29 is 30.5 Å². The normalized spacial score (nSPS) is 25.3. The molecule has 0 saturated heterocycles. The van der Waals surface area contributed by atoms with Crippen LogP contribution in [-0.4, -0.2) is 25.6 Å². The monoisotopic (exact) mass is 274 g/mol. The fraction of sp³-hybridized carbons (Fsp3) is 0.778. The molecule has 1 rings (SSSR count). The van der Waals surface area contributed by atoms with E-state index in [-0.39, 0.29) is 12.2 Å². The zero-order valence-corrected chi connectivity index (χ0v) is 10.4. The Balaban J connectivity index is 2.94. The number of halogens is 3. The largest absolute Gasteiger partial charge is 0.534 e. The SMILES string of the molecule is CC1CC(OS(=O)(=O)C(F)(F)F)=CC(C)(C)O1. The minimum atomic E-state index is -5.59. The Kier molecular flexibility index (Phi) is 3.50. The van der Waals surface area contributed by atoms with E-state index in [1.165, 1.54) is 6.08 Å². The highest BCUT2D eigenvalue weighted by molar-refractivity contribution is 7.87. The van der Waals surface area contributed by atoms with Gasteiger partial charge in [-0.2, -0.15) is 21.6 Å². The van der Waals surface area contributed by atoms with E-state index in [0.717, 1.165) is 0 Å². The molecule has 17 heavy (non-hydrogen) atoms. The van der Waals surface area contributed by atoms with Crippen LogP contribution < -0.4 is 0 Å². The Bertz CT molecular complexity index is 422. The molecule has 1 unspecified atom stereocenters. The molecule has 0 aliphatic carbocycles. The zero-order valence-electron chi connectivity index (χ0n) is 9.54. The first-order valence-electron chi connectivity index (χ1n) is 4.83. The molecule has 0 bridgehead atoms. The Morgan fingerprint density at radius 1 is 1.47 bits per heavy atom. The molecule has 0 N–H and O–H groups in total. The van der Waals surface area contributed by atoms with Crippen molar-refractivity contribution in [1.29, 1.82) is 0 Å². The van der Waals surface area contributed by atoms with Gasteiger partial charge in [0.25, 0.3) is 0 Å². The van der Waals surface area contributed by atoms with Crippen molar-refractivity contribution in [2.75, 3.05) is 0 Å². The van der Waals surface area contributed by atoms with Gasteiger partial charge in [0, 0.05) is 6.42 Å². The van der Waals surface area contributed by atoms with Crippen molar-refractivity contribution in [3.05, 3.63) is 11.8 Å². The summed E-state index contributed by atoms with van der Waals surface area (Å²) in [7, 11) is -5.59. The molecule has 0 fully saturated rings. The molecule has 1 heterocycles. The molecular weight excluding hydrogens is 261 g/mol. The second-order valence-electron chi connectivity index (χ2n) is 4.33. The van der Waals surface area contributed by atoms with Crippen molar-refractivity contribution in [1.82, 2.24) is 0 Å². The van der Waals surface area contributed by atoms with E-state index < -0.39 is 27.3 Å². The van der Waals surface area contributed by atoms with Crippen molar-refractivity contribution >= 4 is 10.1 Å². The number of ether oxygens (including phenoxy) is 1. The Morgan fingerprint density at radius 3 is 2.41 bits per heavy atom. The van der Waals surface area contributed by atoms with E-state index in [9.17, 15) is 21.6 Å². The van der Waals surface area contributed by atoms with E-state index in [4.69, 9.17) is 4.74 Å². The standard InChI is InChI=1S/C9H13F3O4S/c1-6-4-7(5-8(2,3)15-6)16-17(13,14)9(10,11)12/h5-6H,4H2,1-3H3. The average Bonchev–Trinajstić information content (AvgIpc) is 1.94. The molecule has 1 aliphatic heterocycles. The van der Waals surface area contributed by atoms with Crippen molar-refractivity contribution in [2.24, 2.45) is 0 Å². The lowest BCUT2D eigenvalue weighted by Crippen LogP contribution is -2.34. The molecular formula is C9H13F3O4S. The highest BCUT2D eigenvalue weighted by Crippen LogP contribution is 2.32. The summed E-state index contributed by atoms with van der Waals surface area (Å²) in [6, 6.07) is 0. The van der Waals surface area contributed by atoms with Crippen molar-refractivity contribution in [3.63, 3.8) is 0 Å². The highest BCUT2D eigenvalue weighted by Gasteiger charge is 2.49. The average molecular weight is 274 g/mol. The molecule has 0 saturated carbocycles. The summed E-state index contributed by atoms with van der Waals surface area (Å²) < 4.78 is 67.4. The van der Waals surface area contributed by atoms with Crippen LogP contribution in [0.5, 0.6) is 0 Å². The lowest BCUT2D eigenvalue weighted by molar-refractivity contribution is -0.0609. The number of alkyl halides is 3. The number of hydrogen-bond acceptors (Lipinski definition) is 4. The molecule has 8 heteroatoms. The molecule has 4 nitrogen and oxygen atoms in total. The lowest BCUT2D eigenvalue weighted by atomic mass is 10.0. The smallest absolute Gasteiger partial charge is 0.381 e. The Labute approximate surface area is 97.5 Å². The summed E-state index contributed by atoms with van der Waals surface area (Å²) in [5.41, 5.74) is -6.27. The third-order valence-electron chi connectivity index (χ3n) is 2.00. The van der Waals surface area contributed by atoms with Gasteiger partial charge in [0.1, 0.15) is 5.76 Å². The zero-order chi connectivity index (χ0) is 13.5. The Hall–Kier alpha value is -0.760. The molecule has 1 atom stereocenters. The third-order valence-corrected chi connectivity index (χ3v) is 3.00. The van der Waals surface area contributed by atoms with Crippen molar-refractivity contribution in [2.45, 2.75) is 44.4 Å². The van der Waals surface area contributed by atoms with Gasteiger partial charge in [-0.15, -0.1) is 0 Å². The van der Waals surface area contributed by atoms with Crippen molar-refractivity contribution in [3.8, 4) is 0 Å². The van der Waals surface area contributed by atoms with Crippen LogP contribution in [0.15, 0.2) is 11.8 Å². The van der Waals surface area contributed by atoms with Gasteiger partial charge in [-0.25, -0.2) is 0 Å². The van der Waals surface area contributed by atoms with Gasteiger partial charge in [-0.3, -0.25) is 0 Å². The topological polar surface area (TPSA) is 52.6 Å². The van der Waals surface area contributed by atoms with Crippen LogP contribution >= 0.6 is 0 Å². The summed E-state index contributed by atoms with van der Waals surface area (Å²) in [6.07, 6.45) is 0.808. The summed E-state index contributed by atoms with van der Waals surface area (Å²) >= 11 is 0. The summed E-state index contributed by atoms with van der Waals surface area (Å²) in [5, 5.41) is 0. The van der Waals surface area contributed by atoms with Gasteiger partial charge >= 0.3 is 15.6 Å². The molecule has 0 spiro atoms.